The number of amides is 1. The van der Waals surface area contributed by atoms with Gasteiger partial charge in [-0.3, -0.25) is 4.79 Å². The van der Waals surface area contributed by atoms with Crippen molar-refractivity contribution in [2.45, 2.75) is 19.4 Å². The molecule has 1 rings (SSSR count). The van der Waals surface area contributed by atoms with Gasteiger partial charge in [0, 0.05) is 4.47 Å². The lowest BCUT2D eigenvalue weighted by atomic mass is 10.0. The Morgan fingerprint density at radius 2 is 2.11 bits per heavy atom. The predicted molar refractivity (Wildman–Crippen MR) is 79.0 cm³/mol. The van der Waals surface area contributed by atoms with Crippen LogP contribution in [0.25, 0.3) is 0 Å². The molecule has 1 aromatic rings. The van der Waals surface area contributed by atoms with Crippen molar-refractivity contribution in [3.63, 3.8) is 0 Å². The Balaban J connectivity index is 3.01. The Morgan fingerprint density at radius 3 is 2.61 bits per heavy atom. The molecule has 1 amide bonds. The number of halogens is 1. The third-order valence-electron chi connectivity index (χ3n) is 2.46. The fourth-order valence-corrected chi connectivity index (χ4v) is 1.70. The van der Waals surface area contributed by atoms with Gasteiger partial charge in [0.2, 0.25) is 0 Å². The Morgan fingerprint density at radius 1 is 1.50 bits per heavy atom. The van der Waals surface area contributed by atoms with E-state index in [1.165, 1.54) is 0 Å². The molecule has 0 aliphatic rings. The molecule has 98 valence electrons. The standard InChI is InChI=1S/C12H15BrN2O2S/c1-12(2,11(14)18)15-10(16)8-6-7(17-3)4-5-9(8)13/h4-6H,1-3H3,(H2,14,18)(H,15,16). The zero-order valence-electron chi connectivity index (χ0n) is 10.4. The molecule has 1 aromatic carbocycles. The first kappa shape index (κ1) is 14.9. The molecule has 0 fully saturated rings. The summed E-state index contributed by atoms with van der Waals surface area (Å²) in [6, 6.07) is 5.16. The maximum Gasteiger partial charge on any atom is 0.253 e. The van der Waals surface area contributed by atoms with E-state index in [2.05, 4.69) is 21.2 Å². The zero-order valence-corrected chi connectivity index (χ0v) is 12.8. The van der Waals surface area contributed by atoms with Gasteiger partial charge in [-0.15, -0.1) is 0 Å². The second-order valence-electron chi connectivity index (χ2n) is 4.29. The molecule has 0 bridgehead atoms. The third-order valence-corrected chi connectivity index (χ3v) is 3.66. The van der Waals surface area contributed by atoms with Crippen LogP contribution in [0.4, 0.5) is 0 Å². The molecule has 0 radical (unpaired) electrons. The highest BCUT2D eigenvalue weighted by Gasteiger charge is 2.25. The number of hydrogen-bond donors (Lipinski definition) is 2. The van der Waals surface area contributed by atoms with E-state index in [1.807, 2.05) is 0 Å². The predicted octanol–water partition coefficient (Wildman–Crippen LogP) is 2.25. The van der Waals surface area contributed by atoms with Crippen molar-refractivity contribution in [3.8, 4) is 5.75 Å². The maximum atomic E-state index is 12.1. The monoisotopic (exact) mass is 330 g/mol. The van der Waals surface area contributed by atoms with Crippen LogP contribution in [0.2, 0.25) is 0 Å². The van der Waals surface area contributed by atoms with E-state index in [0.29, 0.717) is 15.8 Å². The van der Waals surface area contributed by atoms with Crippen LogP contribution in [-0.4, -0.2) is 23.5 Å². The number of rotatable bonds is 4. The Bertz CT molecular complexity index is 489. The average Bonchev–Trinajstić information content (AvgIpc) is 2.28. The molecular formula is C12H15BrN2O2S. The summed E-state index contributed by atoms with van der Waals surface area (Å²) < 4.78 is 5.77. The van der Waals surface area contributed by atoms with E-state index < -0.39 is 5.54 Å². The van der Waals surface area contributed by atoms with Crippen molar-refractivity contribution < 1.29 is 9.53 Å². The van der Waals surface area contributed by atoms with Crippen LogP contribution in [0.1, 0.15) is 24.2 Å². The van der Waals surface area contributed by atoms with Crippen LogP contribution in [0.5, 0.6) is 5.75 Å². The van der Waals surface area contributed by atoms with Crippen LogP contribution in [0, 0.1) is 0 Å². The summed E-state index contributed by atoms with van der Waals surface area (Å²) >= 11 is 8.23. The van der Waals surface area contributed by atoms with Crippen molar-refractivity contribution in [3.05, 3.63) is 28.2 Å². The van der Waals surface area contributed by atoms with Crippen molar-refractivity contribution in [2.75, 3.05) is 7.11 Å². The Labute approximate surface area is 120 Å². The molecular weight excluding hydrogens is 316 g/mol. The number of benzene rings is 1. The molecule has 0 aromatic heterocycles. The van der Waals surface area contributed by atoms with Gasteiger partial charge in [0.25, 0.3) is 5.91 Å². The summed E-state index contributed by atoms with van der Waals surface area (Å²) in [5.74, 6) is 0.343. The normalized spacial score (nSPS) is 10.9. The summed E-state index contributed by atoms with van der Waals surface area (Å²) in [5.41, 5.74) is 5.30. The molecule has 0 atom stereocenters. The van der Waals surface area contributed by atoms with Crippen LogP contribution < -0.4 is 15.8 Å². The lowest BCUT2D eigenvalue weighted by Crippen LogP contribution is -2.52. The number of hydrogen-bond acceptors (Lipinski definition) is 3. The Hall–Kier alpha value is -1.14. The number of thiocarbonyl (C=S) groups is 1. The van der Waals surface area contributed by atoms with Gasteiger partial charge in [-0.2, -0.15) is 0 Å². The quantitative estimate of drug-likeness (QED) is 0.831. The first-order valence-electron chi connectivity index (χ1n) is 5.24. The lowest BCUT2D eigenvalue weighted by Gasteiger charge is -2.25. The Kier molecular flexibility index (Phi) is 4.70. The van der Waals surface area contributed by atoms with E-state index in [-0.39, 0.29) is 10.9 Å². The van der Waals surface area contributed by atoms with Crippen molar-refractivity contribution in [1.29, 1.82) is 0 Å². The molecule has 0 aliphatic carbocycles. The summed E-state index contributed by atoms with van der Waals surface area (Å²) in [6.45, 7) is 3.50. The molecule has 0 unspecified atom stereocenters. The first-order valence-corrected chi connectivity index (χ1v) is 6.44. The van der Waals surface area contributed by atoms with Gasteiger partial charge >= 0.3 is 0 Å². The van der Waals surface area contributed by atoms with E-state index >= 15 is 0 Å². The molecule has 4 nitrogen and oxygen atoms in total. The van der Waals surface area contributed by atoms with Crippen molar-refractivity contribution in [1.82, 2.24) is 5.32 Å². The minimum Gasteiger partial charge on any atom is -0.497 e. The summed E-state index contributed by atoms with van der Waals surface area (Å²) in [7, 11) is 1.55. The minimum atomic E-state index is -0.741. The van der Waals surface area contributed by atoms with Gasteiger partial charge in [0.1, 0.15) is 5.75 Å². The average molecular weight is 331 g/mol. The largest absolute Gasteiger partial charge is 0.497 e. The van der Waals surface area contributed by atoms with Gasteiger partial charge in [0.15, 0.2) is 0 Å². The molecule has 3 N–H and O–H groups in total. The molecule has 18 heavy (non-hydrogen) atoms. The molecule has 0 heterocycles. The highest BCUT2D eigenvalue weighted by atomic mass is 79.9. The van der Waals surface area contributed by atoms with Crippen molar-refractivity contribution >= 4 is 39.0 Å². The fraction of sp³-hybridized carbons (Fsp3) is 0.333. The molecule has 0 spiro atoms. The summed E-state index contributed by atoms with van der Waals surface area (Å²) in [6.07, 6.45) is 0. The SMILES string of the molecule is COc1ccc(Br)c(C(=O)NC(C)(C)C(N)=S)c1. The number of carbonyl (C=O) groups is 1. The molecule has 0 aliphatic heterocycles. The highest BCUT2D eigenvalue weighted by molar-refractivity contribution is 9.10. The second kappa shape index (κ2) is 5.67. The van der Waals surface area contributed by atoms with Gasteiger partial charge in [-0.1, -0.05) is 12.2 Å². The number of methoxy groups -OCH3 is 1. The van der Waals surface area contributed by atoms with Crippen molar-refractivity contribution in [2.24, 2.45) is 5.73 Å². The first-order chi connectivity index (χ1) is 8.27. The smallest absolute Gasteiger partial charge is 0.253 e. The zero-order chi connectivity index (χ0) is 13.9. The molecule has 6 heteroatoms. The third kappa shape index (κ3) is 3.43. The topological polar surface area (TPSA) is 64.3 Å². The number of ether oxygens (including phenoxy) is 1. The van der Waals surface area contributed by atoms with Gasteiger partial charge in [-0.25, -0.2) is 0 Å². The summed E-state index contributed by atoms with van der Waals surface area (Å²) in [4.78, 5) is 12.4. The lowest BCUT2D eigenvalue weighted by molar-refractivity contribution is 0.0931. The second-order valence-corrected chi connectivity index (χ2v) is 5.58. The van der Waals surface area contributed by atoms with Crippen LogP contribution in [0.3, 0.4) is 0 Å². The van der Waals surface area contributed by atoms with Gasteiger partial charge in [-0.05, 0) is 48.0 Å². The minimum absolute atomic E-state index is 0.231. The van der Waals surface area contributed by atoms with E-state index in [4.69, 9.17) is 22.7 Å². The van der Waals surface area contributed by atoms with E-state index in [9.17, 15) is 4.79 Å². The maximum absolute atomic E-state index is 12.1. The summed E-state index contributed by atoms with van der Waals surface area (Å²) in [5, 5.41) is 2.77. The molecule has 0 saturated heterocycles. The van der Waals surface area contributed by atoms with Gasteiger partial charge in [0.05, 0.1) is 23.2 Å². The fourth-order valence-electron chi connectivity index (χ4n) is 1.22. The highest BCUT2D eigenvalue weighted by Crippen LogP contribution is 2.23. The number of nitrogens with two attached hydrogens (primary N) is 1. The van der Waals surface area contributed by atoms with Crippen LogP contribution in [-0.2, 0) is 0 Å². The number of nitrogens with one attached hydrogen (secondary N) is 1. The molecule has 0 saturated carbocycles. The van der Waals surface area contributed by atoms with Crippen LogP contribution in [0.15, 0.2) is 22.7 Å². The number of carbonyl (C=O) groups excluding carboxylic acids is 1. The van der Waals surface area contributed by atoms with E-state index in [0.717, 1.165) is 0 Å². The van der Waals surface area contributed by atoms with Gasteiger partial charge < -0.3 is 15.8 Å². The van der Waals surface area contributed by atoms with E-state index in [1.54, 1.807) is 39.2 Å². The van der Waals surface area contributed by atoms with Crippen LogP contribution >= 0.6 is 28.1 Å².